The Bertz CT molecular complexity index is 878. The maximum atomic E-state index is 12.8. The standard InChI is InChI=1S/C23H26ClN3O3/c1-16(28)25-21(15-17-5-3-2-4-6-17)22(29)26-20-11-13-27(14-12-20)23(30)18-7-9-19(24)10-8-18/h2-10,20-21H,11-15H2,1H3,(H,25,28)(H,26,29). The van der Waals surface area contributed by atoms with Crippen LogP contribution in [0.5, 0.6) is 0 Å². The van der Waals surface area contributed by atoms with Crippen LogP contribution in [-0.4, -0.2) is 47.8 Å². The molecule has 1 aliphatic heterocycles. The van der Waals surface area contributed by atoms with Gasteiger partial charge in [0.1, 0.15) is 6.04 Å². The van der Waals surface area contributed by atoms with Gasteiger partial charge in [0, 0.05) is 43.1 Å². The van der Waals surface area contributed by atoms with Crippen LogP contribution in [0.15, 0.2) is 54.6 Å². The first-order valence-corrected chi connectivity index (χ1v) is 10.5. The zero-order chi connectivity index (χ0) is 21.5. The van der Waals surface area contributed by atoms with E-state index in [0.29, 0.717) is 42.9 Å². The quantitative estimate of drug-likeness (QED) is 0.744. The van der Waals surface area contributed by atoms with Crippen molar-refractivity contribution in [1.29, 1.82) is 0 Å². The average Bonchev–Trinajstić information content (AvgIpc) is 2.74. The molecule has 0 radical (unpaired) electrons. The molecule has 30 heavy (non-hydrogen) atoms. The number of halogens is 1. The van der Waals surface area contributed by atoms with Crippen molar-refractivity contribution in [3.63, 3.8) is 0 Å². The summed E-state index contributed by atoms with van der Waals surface area (Å²) in [4.78, 5) is 38.8. The summed E-state index contributed by atoms with van der Waals surface area (Å²) in [5.41, 5.74) is 1.59. The first kappa shape index (κ1) is 21.8. The molecule has 2 N–H and O–H groups in total. The van der Waals surface area contributed by atoms with Crippen LogP contribution >= 0.6 is 11.6 Å². The maximum Gasteiger partial charge on any atom is 0.253 e. The largest absolute Gasteiger partial charge is 0.351 e. The highest BCUT2D eigenvalue weighted by molar-refractivity contribution is 6.30. The van der Waals surface area contributed by atoms with E-state index in [-0.39, 0.29) is 23.8 Å². The van der Waals surface area contributed by atoms with E-state index in [1.54, 1.807) is 29.2 Å². The summed E-state index contributed by atoms with van der Waals surface area (Å²) in [5.74, 6) is -0.470. The van der Waals surface area contributed by atoms with Gasteiger partial charge in [-0.15, -0.1) is 0 Å². The molecule has 1 heterocycles. The van der Waals surface area contributed by atoms with Crippen LogP contribution < -0.4 is 10.6 Å². The summed E-state index contributed by atoms with van der Waals surface area (Å²) < 4.78 is 0. The van der Waals surface area contributed by atoms with E-state index in [9.17, 15) is 14.4 Å². The Morgan fingerprint density at radius 3 is 2.27 bits per heavy atom. The molecule has 0 spiro atoms. The predicted molar refractivity (Wildman–Crippen MR) is 116 cm³/mol. The summed E-state index contributed by atoms with van der Waals surface area (Å²) in [6.07, 6.45) is 1.77. The average molecular weight is 428 g/mol. The van der Waals surface area contributed by atoms with Crippen LogP contribution in [0.3, 0.4) is 0 Å². The molecule has 3 rings (SSSR count). The Morgan fingerprint density at radius 2 is 1.67 bits per heavy atom. The van der Waals surface area contributed by atoms with Gasteiger partial charge in [0.25, 0.3) is 5.91 Å². The molecule has 0 saturated carbocycles. The molecule has 7 heteroatoms. The minimum Gasteiger partial charge on any atom is -0.351 e. The predicted octanol–water partition coefficient (Wildman–Crippen LogP) is 2.81. The van der Waals surface area contributed by atoms with E-state index in [2.05, 4.69) is 10.6 Å². The molecular weight excluding hydrogens is 402 g/mol. The molecular formula is C23H26ClN3O3. The zero-order valence-electron chi connectivity index (χ0n) is 16.9. The van der Waals surface area contributed by atoms with Gasteiger partial charge in [0.15, 0.2) is 0 Å². The number of rotatable bonds is 6. The molecule has 2 aromatic carbocycles. The first-order chi connectivity index (χ1) is 14.4. The fraction of sp³-hybridized carbons (Fsp3) is 0.348. The lowest BCUT2D eigenvalue weighted by atomic mass is 10.0. The van der Waals surface area contributed by atoms with Crippen molar-refractivity contribution in [2.45, 2.75) is 38.3 Å². The van der Waals surface area contributed by atoms with Gasteiger partial charge >= 0.3 is 0 Å². The Morgan fingerprint density at radius 1 is 1.03 bits per heavy atom. The van der Waals surface area contributed by atoms with E-state index >= 15 is 0 Å². The second-order valence-corrected chi connectivity index (χ2v) is 7.96. The highest BCUT2D eigenvalue weighted by atomic mass is 35.5. The number of nitrogens with one attached hydrogen (secondary N) is 2. The maximum absolute atomic E-state index is 12.8. The molecule has 0 bridgehead atoms. The van der Waals surface area contributed by atoms with Crippen molar-refractivity contribution in [3.05, 3.63) is 70.7 Å². The molecule has 158 valence electrons. The van der Waals surface area contributed by atoms with Crippen LogP contribution in [0.1, 0.15) is 35.7 Å². The monoisotopic (exact) mass is 427 g/mol. The summed E-state index contributed by atoms with van der Waals surface area (Å²) >= 11 is 5.89. The number of hydrogen-bond donors (Lipinski definition) is 2. The highest BCUT2D eigenvalue weighted by Gasteiger charge is 2.27. The molecule has 1 saturated heterocycles. The third-order valence-electron chi connectivity index (χ3n) is 5.20. The summed E-state index contributed by atoms with van der Waals surface area (Å²) in [7, 11) is 0. The molecule has 1 atom stereocenters. The second-order valence-electron chi connectivity index (χ2n) is 7.52. The van der Waals surface area contributed by atoms with Crippen molar-refractivity contribution in [2.75, 3.05) is 13.1 Å². The molecule has 0 aliphatic carbocycles. The number of amides is 3. The number of nitrogens with zero attached hydrogens (tertiary/aromatic N) is 1. The van der Waals surface area contributed by atoms with Crippen molar-refractivity contribution in [2.24, 2.45) is 0 Å². The van der Waals surface area contributed by atoms with E-state index in [4.69, 9.17) is 11.6 Å². The summed E-state index contributed by atoms with van der Waals surface area (Å²) in [6, 6.07) is 15.8. The van der Waals surface area contributed by atoms with Crippen molar-refractivity contribution < 1.29 is 14.4 Å². The van der Waals surface area contributed by atoms with E-state index in [1.165, 1.54) is 6.92 Å². The number of carbonyl (C=O) groups is 3. The molecule has 1 aliphatic rings. The molecule has 6 nitrogen and oxygen atoms in total. The van der Waals surface area contributed by atoms with Crippen molar-refractivity contribution in [3.8, 4) is 0 Å². The lowest BCUT2D eigenvalue weighted by molar-refractivity contribution is -0.128. The third-order valence-corrected chi connectivity index (χ3v) is 5.45. The Balaban J connectivity index is 1.54. The summed E-state index contributed by atoms with van der Waals surface area (Å²) in [5, 5.41) is 6.38. The van der Waals surface area contributed by atoms with E-state index < -0.39 is 6.04 Å². The number of likely N-dealkylation sites (tertiary alicyclic amines) is 1. The van der Waals surface area contributed by atoms with Gasteiger partial charge in [-0.3, -0.25) is 14.4 Å². The normalized spacial score (nSPS) is 15.3. The van der Waals surface area contributed by atoms with Crippen LogP contribution in [0, 0.1) is 0 Å². The zero-order valence-corrected chi connectivity index (χ0v) is 17.7. The van der Waals surface area contributed by atoms with Crippen LogP contribution in [-0.2, 0) is 16.0 Å². The third kappa shape index (κ3) is 6.07. The lowest BCUT2D eigenvalue weighted by Crippen LogP contribution is -2.53. The molecule has 1 fully saturated rings. The smallest absolute Gasteiger partial charge is 0.253 e. The van der Waals surface area contributed by atoms with E-state index in [1.807, 2.05) is 30.3 Å². The Labute approximate surface area is 181 Å². The van der Waals surface area contributed by atoms with Gasteiger partial charge in [0.05, 0.1) is 0 Å². The first-order valence-electron chi connectivity index (χ1n) is 10.1. The number of benzene rings is 2. The van der Waals surface area contributed by atoms with Gasteiger partial charge in [0.2, 0.25) is 11.8 Å². The number of hydrogen-bond acceptors (Lipinski definition) is 3. The number of carbonyl (C=O) groups excluding carboxylic acids is 3. The van der Waals surface area contributed by atoms with Gasteiger partial charge in [-0.1, -0.05) is 41.9 Å². The minimum atomic E-state index is -0.626. The fourth-order valence-corrected chi connectivity index (χ4v) is 3.73. The van der Waals surface area contributed by atoms with Gasteiger partial charge < -0.3 is 15.5 Å². The molecule has 3 amide bonds. The SMILES string of the molecule is CC(=O)NC(Cc1ccccc1)C(=O)NC1CCN(C(=O)c2ccc(Cl)cc2)CC1. The van der Waals surface area contributed by atoms with E-state index in [0.717, 1.165) is 5.56 Å². The topological polar surface area (TPSA) is 78.5 Å². The van der Waals surface area contributed by atoms with Gasteiger partial charge in [-0.25, -0.2) is 0 Å². The summed E-state index contributed by atoms with van der Waals surface area (Å²) in [6.45, 7) is 2.54. The van der Waals surface area contributed by atoms with Gasteiger partial charge in [-0.2, -0.15) is 0 Å². The molecule has 1 unspecified atom stereocenters. The van der Waals surface area contributed by atoms with Crippen LogP contribution in [0.25, 0.3) is 0 Å². The number of piperidine rings is 1. The highest BCUT2D eigenvalue weighted by Crippen LogP contribution is 2.16. The Kier molecular flexibility index (Phi) is 7.46. The second kappa shape index (κ2) is 10.3. The van der Waals surface area contributed by atoms with Crippen molar-refractivity contribution in [1.82, 2.24) is 15.5 Å². The Hall–Kier alpha value is -2.86. The van der Waals surface area contributed by atoms with Gasteiger partial charge in [-0.05, 0) is 42.7 Å². The van der Waals surface area contributed by atoms with Crippen LogP contribution in [0.4, 0.5) is 0 Å². The molecule has 0 aromatic heterocycles. The van der Waals surface area contributed by atoms with Crippen molar-refractivity contribution >= 4 is 29.3 Å². The lowest BCUT2D eigenvalue weighted by Gasteiger charge is -2.33. The molecule has 2 aromatic rings. The minimum absolute atomic E-state index is 0.0289. The van der Waals surface area contributed by atoms with Crippen LogP contribution in [0.2, 0.25) is 5.02 Å². The fourth-order valence-electron chi connectivity index (χ4n) is 3.61.